The molecule has 1 amide bonds. The van der Waals surface area contributed by atoms with Crippen molar-refractivity contribution >= 4 is 17.5 Å². The molecule has 0 spiro atoms. The Bertz CT molecular complexity index is 713. The average molecular weight is 308 g/mol. The summed E-state index contributed by atoms with van der Waals surface area (Å²) in [5.41, 5.74) is 0.570. The van der Waals surface area contributed by atoms with E-state index in [0.29, 0.717) is 5.02 Å². The van der Waals surface area contributed by atoms with Crippen molar-refractivity contribution in [2.75, 3.05) is 0 Å². The van der Waals surface area contributed by atoms with Crippen molar-refractivity contribution < 1.29 is 13.6 Å². The van der Waals surface area contributed by atoms with Crippen LogP contribution < -0.4 is 5.32 Å². The highest BCUT2D eigenvalue weighted by Gasteiger charge is 2.45. The molecule has 0 radical (unpaired) electrons. The summed E-state index contributed by atoms with van der Waals surface area (Å²) in [6.45, 7) is 0. The van der Waals surface area contributed by atoms with E-state index < -0.39 is 23.1 Å². The van der Waals surface area contributed by atoms with Crippen LogP contribution in [0.4, 0.5) is 8.78 Å². The predicted molar refractivity (Wildman–Crippen MR) is 76.2 cm³/mol. The first kappa shape index (κ1) is 14.0. The maximum atomic E-state index is 13.2. The van der Waals surface area contributed by atoms with Crippen LogP contribution in [0.2, 0.25) is 5.02 Å². The first-order valence-corrected chi connectivity index (χ1v) is 6.92. The second kappa shape index (κ2) is 5.11. The Morgan fingerprint density at radius 2 is 1.86 bits per heavy atom. The zero-order valence-electron chi connectivity index (χ0n) is 11.0. The van der Waals surface area contributed by atoms with E-state index in [1.807, 2.05) is 12.1 Å². The molecule has 5 heteroatoms. The van der Waals surface area contributed by atoms with Gasteiger partial charge in [0.15, 0.2) is 11.6 Å². The van der Waals surface area contributed by atoms with Crippen LogP contribution in [0.5, 0.6) is 0 Å². The molecule has 1 saturated carbocycles. The molecule has 108 valence electrons. The summed E-state index contributed by atoms with van der Waals surface area (Å²) in [5, 5.41) is 3.49. The highest BCUT2D eigenvalue weighted by molar-refractivity contribution is 6.30. The summed E-state index contributed by atoms with van der Waals surface area (Å²) < 4.78 is 26.1. The van der Waals surface area contributed by atoms with Crippen molar-refractivity contribution in [3.8, 4) is 0 Å². The minimum atomic E-state index is -1.03. The number of benzene rings is 2. The fourth-order valence-corrected chi connectivity index (χ4v) is 2.51. The molecule has 2 aromatic rings. The number of hydrogen-bond acceptors (Lipinski definition) is 1. The molecular weight excluding hydrogens is 296 g/mol. The molecule has 2 nitrogen and oxygen atoms in total. The van der Waals surface area contributed by atoms with E-state index in [2.05, 4.69) is 5.32 Å². The average Bonchev–Trinajstić information content (AvgIpc) is 3.23. The Balaban J connectivity index is 1.82. The number of rotatable bonds is 3. The Morgan fingerprint density at radius 1 is 1.10 bits per heavy atom. The number of carbonyl (C=O) groups is 1. The molecule has 0 heterocycles. The topological polar surface area (TPSA) is 29.1 Å². The van der Waals surface area contributed by atoms with Crippen molar-refractivity contribution in [3.05, 3.63) is 70.2 Å². The molecule has 0 aromatic heterocycles. The standard InChI is InChI=1S/C16H12ClF2NO/c17-12-3-1-2-11(9-12)16(6-7-16)20-15(21)10-4-5-13(18)14(19)8-10/h1-5,8-9H,6-7H2,(H,20,21). The first-order chi connectivity index (χ1) is 10.00. The third kappa shape index (κ3) is 2.76. The Morgan fingerprint density at radius 3 is 2.48 bits per heavy atom. The predicted octanol–water partition coefficient (Wildman–Crippen LogP) is 4.04. The lowest BCUT2D eigenvalue weighted by Gasteiger charge is -2.18. The molecule has 1 N–H and O–H groups in total. The van der Waals surface area contributed by atoms with Gasteiger partial charge in [0.1, 0.15) is 0 Å². The van der Waals surface area contributed by atoms with Crippen LogP contribution in [0.15, 0.2) is 42.5 Å². The van der Waals surface area contributed by atoms with Gasteiger partial charge in [0.05, 0.1) is 5.54 Å². The molecule has 1 aliphatic rings. The summed E-state index contributed by atoms with van der Waals surface area (Å²) in [7, 11) is 0. The third-order valence-corrected chi connectivity index (χ3v) is 3.90. The van der Waals surface area contributed by atoms with Crippen LogP contribution in [0, 0.1) is 11.6 Å². The summed E-state index contributed by atoms with van der Waals surface area (Å²) in [6.07, 6.45) is 1.59. The minimum Gasteiger partial charge on any atom is -0.343 e. The number of nitrogens with one attached hydrogen (secondary N) is 1. The van der Waals surface area contributed by atoms with Crippen LogP contribution in [-0.4, -0.2) is 5.91 Å². The third-order valence-electron chi connectivity index (χ3n) is 3.66. The van der Waals surface area contributed by atoms with Gasteiger partial charge in [0.2, 0.25) is 0 Å². The van der Waals surface area contributed by atoms with Gasteiger partial charge in [0, 0.05) is 10.6 Å². The maximum absolute atomic E-state index is 13.2. The maximum Gasteiger partial charge on any atom is 0.252 e. The smallest absolute Gasteiger partial charge is 0.252 e. The van der Waals surface area contributed by atoms with Crippen LogP contribution in [0.3, 0.4) is 0 Å². The van der Waals surface area contributed by atoms with Gasteiger partial charge < -0.3 is 5.32 Å². The summed E-state index contributed by atoms with van der Waals surface area (Å²) in [6, 6.07) is 10.4. The van der Waals surface area contributed by atoms with Crippen molar-refractivity contribution in [3.63, 3.8) is 0 Å². The normalized spacial score (nSPS) is 15.6. The molecule has 0 unspecified atom stereocenters. The molecule has 1 fully saturated rings. The molecular formula is C16H12ClF2NO. The second-order valence-corrected chi connectivity index (χ2v) is 5.61. The van der Waals surface area contributed by atoms with E-state index >= 15 is 0 Å². The highest BCUT2D eigenvalue weighted by atomic mass is 35.5. The number of carbonyl (C=O) groups excluding carboxylic acids is 1. The van der Waals surface area contributed by atoms with Gasteiger partial charge in [-0.3, -0.25) is 4.79 Å². The fourth-order valence-electron chi connectivity index (χ4n) is 2.32. The van der Waals surface area contributed by atoms with E-state index in [9.17, 15) is 13.6 Å². The molecule has 21 heavy (non-hydrogen) atoms. The van der Waals surface area contributed by atoms with Crippen LogP contribution in [0.25, 0.3) is 0 Å². The number of hydrogen-bond donors (Lipinski definition) is 1. The summed E-state index contributed by atoms with van der Waals surface area (Å²) >= 11 is 5.97. The zero-order valence-corrected chi connectivity index (χ0v) is 11.8. The van der Waals surface area contributed by atoms with Gasteiger partial charge in [0.25, 0.3) is 5.91 Å². The van der Waals surface area contributed by atoms with E-state index in [1.165, 1.54) is 6.07 Å². The van der Waals surface area contributed by atoms with Crippen LogP contribution >= 0.6 is 11.6 Å². The summed E-state index contributed by atoms with van der Waals surface area (Å²) in [5.74, 6) is -2.43. The monoisotopic (exact) mass is 307 g/mol. The summed E-state index contributed by atoms with van der Waals surface area (Å²) in [4.78, 5) is 12.2. The van der Waals surface area contributed by atoms with E-state index in [1.54, 1.807) is 12.1 Å². The van der Waals surface area contributed by atoms with Crippen molar-refractivity contribution in [2.24, 2.45) is 0 Å². The molecule has 0 atom stereocenters. The van der Waals surface area contributed by atoms with Gasteiger partial charge in [-0.2, -0.15) is 0 Å². The largest absolute Gasteiger partial charge is 0.343 e. The Labute approximate surface area is 125 Å². The minimum absolute atomic E-state index is 0.0993. The lowest BCUT2D eigenvalue weighted by Crippen LogP contribution is -2.34. The molecule has 3 rings (SSSR count). The van der Waals surface area contributed by atoms with E-state index in [4.69, 9.17) is 11.6 Å². The lowest BCUT2D eigenvalue weighted by molar-refractivity contribution is 0.0930. The van der Waals surface area contributed by atoms with E-state index in [-0.39, 0.29) is 5.56 Å². The molecule has 0 aliphatic heterocycles. The van der Waals surface area contributed by atoms with Gasteiger partial charge in [-0.15, -0.1) is 0 Å². The zero-order chi connectivity index (χ0) is 15.0. The van der Waals surface area contributed by atoms with Gasteiger partial charge >= 0.3 is 0 Å². The van der Waals surface area contributed by atoms with Crippen molar-refractivity contribution in [1.82, 2.24) is 5.32 Å². The SMILES string of the molecule is O=C(NC1(c2cccc(Cl)c2)CC1)c1ccc(F)c(F)c1. The number of amides is 1. The Kier molecular flexibility index (Phi) is 3.41. The van der Waals surface area contributed by atoms with Crippen LogP contribution in [-0.2, 0) is 5.54 Å². The first-order valence-electron chi connectivity index (χ1n) is 6.54. The van der Waals surface area contributed by atoms with E-state index in [0.717, 1.165) is 30.5 Å². The van der Waals surface area contributed by atoms with Gasteiger partial charge in [-0.05, 0) is 48.7 Å². The lowest BCUT2D eigenvalue weighted by atomic mass is 10.0. The molecule has 0 saturated heterocycles. The highest BCUT2D eigenvalue weighted by Crippen LogP contribution is 2.46. The quantitative estimate of drug-likeness (QED) is 0.911. The van der Waals surface area contributed by atoms with Gasteiger partial charge in [-0.25, -0.2) is 8.78 Å². The van der Waals surface area contributed by atoms with Crippen LogP contribution in [0.1, 0.15) is 28.8 Å². The Hall–Kier alpha value is -1.94. The molecule has 2 aromatic carbocycles. The number of halogens is 3. The van der Waals surface area contributed by atoms with Gasteiger partial charge in [-0.1, -0.05) is 23.7 Å². The van der Waals surface area contributed by atoms with Crippen molar-refractivity contribution in [1.29, 1.82) is 0 Å². The molecule has 1 aliphatic carbocycles. The van der Waals surface area contributed by atoms with Crippen molar-refractivity contribution in [2.45, 2.75) is 18.4 Å². The second-order valence-electron chi connectivity index (χ2n) is 5.18. The fraction of sp³-hybridized carbons (Fsp3) is 0.188. The molecule has 0 bridgehead atoms.